The van der Waals surface area contributed by atoms with Gasteiger partial charge in [-0.15, -0.1) is 0 Å². The van der Waals surface area contributed by atoms with Crippen LogP contribution >= 0.6 is 0 Å². The minimum atomic E-state index is 0.0881. The Morgan fingerprint density at radius 2 is 2.07 bits per heavy atom. The molecule has 0 bridgehead atoms. The lowest BCUT2D eigenvalue weighted by Crippen LogP contribution is -2.38. The van der Waals surface area contributed by atoms with Crippen LogP contribution in [-0.4, -0.2) is 38.1 Å². The number of hydrogen-bond donors (Lipinski definition) is 0. The summed E-state index contributed by atoms with van der Waals surface area (Å²) in [5, 5.41) is 0. The second-order valence-corrected chi connectivity index (χ2v) is 4.17. The standard InChI is InChI=1S/C11H23NO2/c1-5-7-12(10-13)8-11(3,6-2)9-14-4/h10H,5-9H2,1-4H3. The molecule has 0 aliphatic carbocycles. The van der Waals surface area contributed by atoms with Crippen LogP contribution in [-0.2, 0) is 9.53 Å². The third kappa shape index (κ3) is 4.61. The monoisotopic (exact) mass is 201 g/mol. The van der Waals surface area contributed by atoms with E-state index in [-0.39, 0.29) is 5.41 Å². The van der Waals surface area contributed by atoms with Gasteiger partial charge in [0.05, 0.1) is 6.61 Å². The van der Waals surface area contributed by atoms with Crippen molar-refractivity contribution < 1.29 is 9.53 Å². The lowest BCUT2D eigenvalue weighted by Gasteiger charge is -2.32. The molecule has 84 valence electrons. The van der Waals surface area contributed by atoms with Crippen molar-refractivity contribution in [1.29, 1.82) is 0 Å². The molecule has 0 rings (SSSR count). The summed E-state index contributed by atoms with van der Waals surface area (Å²) in [6.45, 7) is 8.70. The normalized spacial score (nSPS) is 14.9. The molecule has 3 nitrogen and oxygen atoms in total. The fourth-order valence-corrected chi connectivity index (χ4v) is 1.55. The van der Waals surface area contributed by atoms with Crippen molar-refractivity contribution in [2.24, 2.45) is 5.41 Å². The third-order valence-electron chi connectivity index (χ3n) is 2.59. The first-order chi connectivity index (χ1) is 6.61. The first-order valence-electron chi connectivity index (χ1n) is 5.30. The van der Waals surface area contributed by atoms with E-state index in [0.717, 1.165) is 32.3 Å². The second-order valence-electron chi connectivity index (χ2n) is 4.17. The Balaban J connectivity index is 4.18. The minimum Gasteiger partial charge on any atom is -0.384 e. The number of hydrogen-bond acceptors (Lipinski definition) is 2. The van der Waals surface area contributed by atoms with E-state index in [9.17, 15) is 4.79 Å². The maximum absolute atomic E-state index is 10.8. The van der Waals surface area contributed by atoms with Gasteiger partial charge in [-0.2, -0.15) is 0 Å². The van der Waals surface area contributed by atoms with E-state index in [0.29, 0.717) is 6.61 Å². The van der Waals surface area contributed by atoms with Crippen LogP contribution in [0.2, 0.25) is 0 Å². The fourth-order valence-electron chi connectivity index (χ4n) is 1.55. The van der Waals surface area contributed by atoms with E-state index in [2.05, 4.69) is 20.8 Å². The van der Waals surface area contributed by atoms with Gasteiger partial charge in [-0.25, -0.2) is 0 Å². The van der Waals surface area contributed by atoms with Gasteiger partial charge in [0, 0.05) is 25.6 Å². The molecular formula is C11H23NO2. The topological polar surface area (TPSA) is 29.5 Å². The molecule has 0 saturated heterocycles. The zero-order valence-electron chi connectivity index (χ0n) is 9.88. The average Bonchev–Trinajstić information content (AvgIpc) is 2.17. The summed E-state index contributed by atoms with van der Waals surface area (Å²) >= 11 is 0. The summed E-state index contributed by atoms with van der Waals surface area (Å²) in [4.78, 5) is 12.6. The van der Waals surface area contributed by atoms with Gasteiger partial charge >= 0.3 is 0 Å². The maximum Gasteiger partial charge on any atom is 0.209 e. The molecule has 0 heterocycles. The molecule has 1 unspecified atom stereocenters. The van der Waals surface area contributed by atoms with Crippen molar-refractivity contribution in [2.75, 3.05) is 26.8 Å². The highest BCUT2D eigenvalue weighted by Crippen LogP contribution is 2.22. The second kappa shape index (κ2) is 6.82. The first-order valence-corrected chi connectivity index (χ1v) is 5.30. The van der Waals surface area contributed by atoms with Crippen LogP contribution in [0.4, 0.5) is 0 Å². The molecule has 0 aliphatic rings. The SMILES string of the molecule is CCCN(C=O)CC(C)(CC)COC. The van der Waals surface area contributed by atoms with Crippen molar-refractivity contribution >= 4 is 6.41 Å². The van der Waals surface area contributed by atoms with Gasteiger partial charge < -0.3 is 9.64 Å². The molecule has 1 atom stereocenters. The Morgan fingerprint density at radius 3 is 2.43 bits per heavy atom. The number of ether oxygens (including phenoxy) is 1. The summed E-state index contributed by atoms with van der Waals surface area (Å²) in [5.41, 5.74) is 0.0881. The van der Waals surface area contributed by atoms with Crippen molar-refractivity contribution in [3.63, 3.8) is 0 Å². The predicted molar refractivity (Wildman–Crippen MR) is 58.2 cm³/mol. The van der Waals surface area contributed by atoms with E-state index in [1.54, 1.807) is 7.11 Å². The van der Waals surface area contributed by atoms with Gasteiger partial charge in [0.25, 0.3) is 0 Å². The summed E-state index contributed by atoms with van der Waals surface area (Å²) in [6, 6.07) is 0. The number of amides is 1. The molecule has 0 radical (unpaired) electrons. The highest BCUT2D eigenvalue weighted by atomic mass is 16.5. The molecule has 0 saturated carbocycles. The van der Waals surface area contributed by atoms with Gasteiger partial charge in [-0.1, -0.05) is 20.8 Å². The summed E-state index contributed by atoms with van der Waals surface area (Å²) < 4.78 is 5.18. The Morgan fingerprint density at radius 1 is 1.43 bits per heavy atom. The summed E-state index contributed by atoms with van der Waals surface area (Å²) in [5.74, 6) is 0. The van der Waals surface area contributed by atoms with Crippen molar-refractivity contribution in [3.8, 4) is 0 Å². The molecule has 0 N–H and O–H groups in total. The molecule has 0 aromatic heterocycles. The van der Waals surface area contributed by atoms with E-state index < -0.39 is 0 Å². The van der Waals surface area contributed by atoms with Crippen LogP contribution in [0.25, 0.3) is 0 Å². The van der Waals surface area contributed by atoms with E-state index in [1.807, 2.05) is 4.90 Å². The third-order valence-corrected chi connectivity index (χ3v) is 2.59. The highest BCUT2D eigenvalue weighted by molar-refractivity contribution is 5.47. The first kappa shape index (κ1) is 13.4. The van der Waals surface area contributed by atoms with Crippen LogP contribution in [0, 0.1) is 5.41 Å². The molecule has 0 fully saturated rings. The number of methoxy groups -OCH3 is 1. The van der Waals surface area contributed by atoms with Crippen molar-refractivity contribution in [3.05, 3.63) is 0 Å². The van der Waals surface area contributed by atoms with Gasteiger partial charge in [0.1, 0.15) is 0 Å². The molecule has 0 spiro atoms. The quantitative estimate of drug-likeness (QED) is 0.561. The Kier molecular flexibility index (Phi) is 6.54. The number of nitrogens with zero attached hydrogens (tertiary/aromatic N) is 1. The zero-order valence-corrected chi connectivity index (χ0v) is 9.88. The van der Waals surface area contributed by atoms with Gasteiger partial charge in [0.2, 0.25) is 6.41 Å². The van der Waals surface area contributed by atoms with Crippen LogP contribution in [0.15, 0.2) is 0 Å². The molecular weight excluding hydrogens is 178 g/mol. The van der Waals surface area contributed by atoms with Crippen molar-refractivity contribution in [1.82, 2.24) is 4.90 Å². The number of carbonyl (C=O) groups is 1. The Labute approximate surface area is 87.4 Å². The van der Waals surface area contributed by atoms with Crippen LogP contribution in [0.1, 0.15) is 33.6 Å². The largest absolute Gasteiger partial charge is 0.384 e. The zero-order chi connectivity index (χ0) is 11.0. The molecule has 0 aromatic carbocycles. The van der Waals surface area contributed by atoms with Crippen LogP contribution in [0.3, 0.4) is 0 Å². The lowest BCUT2D eigenvalue weighted by atomic mass is 9.88. The van der Waals surface area contributed by atoms with Crippen LogP contribution in [0.5, 0.6) is 0 Å². The maximum atomic E-state index is 10.8. The molecule has 0 aliphatic heterocycles. The molecule has 3 heteroatoms. The van der Waals surface area contributed by atoms with E-state index in [4.69, 9.17) is 4.74 Å². The number of rotatable bonds is 8. The highest BCUT2D eigenvalue weighted by Gasteiger charge is 2.24. The summed E-state index contributed by atoms with van der Waals surface area (Å²) in [7, 11) is 1.71. The molecule has 1 amide bonds. The molecule has 0 aromatic rings. The van der Waals surface area contributed by atoms with Crippen LogP contribution < -0.4 is 0 Å². The summed E-state index contributed by atoms with van der Waals surface area (Å²) in [6.07, 6.45) is 2.97. The smallest absolute Gasteiger partial charge is 0.209 e. The lowest BCUT2D eigenvalue weighted by molar-refractivity contribution is -0.120. The average molecular weight is 201 g/mol. The van der Waals surface area contributed by atoms with Gasteiger partial charge in [0.15, 0.2) is 0 Å². The Hall–Kier alpha value is -0.570. The fraction of sp³-hybridized carbons (Fsp3) is 0.909. The van der Waals surface area contributed by atoms with Gasteiger partial charge in [-0.05, 0) is 12.8 Å². The minimum absolute atomic E-state index is 0.0881. The van der Waals surface area contributed by atoms with E-state index in [1.165, 1.54) is 0 Å². The number of carbonyl (C=O) groups excluding carboxylic acids is 1. The van der Waals surface area contributed by atoms with E-state index >= 15 is 0 Å². The molecule has 14 heavy (non-hydrogen) atoms. The Bertz CT molecular complexity index is 161. The van der Waals surface area contributed by atoms with Crippen molar-refractivity contribution in [2.45, 2.75) is 33.6 Å². The predicted octanol–water partition coefficient (Wildman–Crippen LogP) is 1.92. The van der Waals surface area contributed by atoms with Gasteiger partial charge in [-0.3, -0.25) is 4.79 Å².